The van der Waals surface area contributed by atoms with Crippen molar-refractivity contribution in [2.45, 2.75) is 10.8 Å². The summed E-state index contributed by atoms with van der Waals surface area (Å²) in [5.74, 6) is -0.731. The first-order valence-corrected chi connectivity index (χ1v) is 5.83. The van der Waals surface area contributed by atoms with Gasteiger partial charge in [0.2, 0.25) is 5.90 Å². The maximum atomic E-state index is 13.6. The van der Waals surface area contributed by atoms with Crippen molar-refractivity contribution >= 4 is 46.4 Å². The first-order valence-electron chi connectivity index (χ1n) is 4.69. The van der Waals surface area contributed by atoms with Gasteiger partial charge < -0.3 is 10.1 Å². The van der Waals surface area contributed by atoms with E-state index in [4.69, 9.17) is 44.9 Å². The van der Waals surface area contributed by atoms with Gasteiger partial charge in [-0.05, 0) is 25.1 Å². The van der Waals surface area contributed by atoms with Gasteiger partial charge in [0.25, 0.3) is 3.92 Å². The molecule has 0 unspecified atom stereocenters. The molecule has 0 aliphatic heterocycles. The number of anilines is 1. The third-order valence-corrected chi connectivity index (χ3v) is 2.08. The second-order valence-electron chi connectivity index (χ2n) is 3.08. The Hall–Kier alpha value is -0.710. The van der Waals surface area contributed by atoms with Crippen LogP contribution in [-0.4, -0.2) is 16.4 Å². The predicted octanol–water partition coefficient (Wildman–Crippen LogP) is 3.93. The van der Waals surface area contributed by atoms with Crippen molar-refractivity contribution in [2.75, 3.05) is 11.9 Å². The first-order chi connectivity index (χ1) is 7.83. The summed E-state index contributed by atoms with van der Waals surface area (Å²) in [4.78, 5) is 0. The van der Waals surface area contributed by atoms with E-state index in [9.17, 15) is 4.39 Å². The van der Waals surface area contributed by atoms with Crippen LogP contribution in [0.5, 0.6) is 0 Å². The Balaban J connectivity index is 2.90. The SMILES string of the molecule is CCOC(=N)c1ccc(NC(Cl)(Cl)Cl)c(F)c1. The Morgan fingerprint density at radius 2 is 2.12 bits per heavy atom. The van der Waals surface area contributed by atoms with E-state index in [0.29, 0.717) is 12.2 Å². The van der Waals surface area contributed by atoms with Gasteiger partial charge in [-0.2, -0.15) is 0 Å². The zero-order valence-corrected chi connectivity index (χ0v) is 11.1. The average molecular weight is 300 g/mol. The van der Waals surface area contributed by atoms with Crippen LogP contribution in [0, 0.1) is 11.2 Å². The normalized spacial score (nSPS) is 11.1. The topological polar surface area (TPSA) is 45.1 Å². The largest absolute Gasteiger partial charge is 0.478 e. The van der Waals surface area contributed by atoms with Gasteiger partial charge in [-0.25, -0.2) is 4.39 Å². The molecule has 0 radical (unpaired) electrons. The molecule has 94 valence electrons. The van der Waals surface area contributed by atoms with Gasteiger partial charge in [-0.15, -0.1) is 0 Å². The standard InChI is InChI=1S/C10H10Cl3FN2O/c1-2-17-9(15)6-3-4-8(7(14)5-6)16-10(11,12)13/h3-5,15-16H,2H2,1H3. The first kappa shape index (κ1) is 14.4. The van der Waals surface area contributed by atoms with E-state index in [1.165, 1.54) is 12.1 Å². The van der Waals surface area contributed by atoms with E-state index >= 15 is 0 Å². The van der Waals surface area contributed by atoms with Gasteiger partial charge in [0.15, 0.2) is 0 Å². The molecule has 0 spiro atoms. The highest BCUT2D eigenvalue weighted by Gasteiger charge is 2.21. The molecular weight excluding hydrogens is 289 g/mol. The Labute approximate surface area is 113 Å². The predicted molar refractivity (Wildman–Crippen MR) is 68.8 cm³/mol. The molecule has 0 amide bonds. The van der Waals surface area contributed by atoms with E-state index in [2.05, 4.69) is 5.32 Å². The third-order valence-electron chi connectivity index (χ3n) is 1.80. The van der Waals surface area contributed by atoms with E-state index < -0.39 is 9.73 Å². The molecular formula is C10H10Cl3FN2O. The van der Waals surface area contributed by atoms with Crippen molar-refractivity contribution in [1.82, 2.24) is 0 Å². The van der Waals surface area contributed by atoms with Crippen LogP contribution in [0.4, 0.5) is 10.1 Å². The lowest BCUT2D eigenvalue weighted by Gasteiger charge is -2.15. The Morgan fingerprint density at radius 1 is 1.47 bits per heavy atom. The van der Waals surface area contributed by atoms with E-state index in [0.717, 1.165) is 6.07 Å². The number of hydrogen-bond donors (Lipinski definition) is 2. The summed E-state index contributed by atoms with van der Waals surface area (Å²) in [6.45, 7) is 2.08. The Morgan fingerprint density at radius 3 is 2.59 bits per heavy atom. The lowest BCUT2D eigenvalue weighted by molar-refractivity contribution is 0.325. The molecule has 0 fully saturated rings. The molecule has 0 saturated carbocycles. The molecule has 1 aromatic rings. The fraction of sp³-hybridized carbons (Fsp3) is 0.300. The molecule has 0 aliphatic carbocycles. The van der Waals surface area contributed by atoms with Gasteiger partial charge >= 0.3 is 0 Å². The van der Waals surface area contributed by atoms with E-state index in [1.54, 1.807) is 6.92 Å². The van der Waals surface area contributed by atoms with Crippen LogP contribution in [-0.2, 0) is 4.74 Å². The molecule has 1 aromatic carbocycles. The smallest absolute Gasteiger partial charge is 0.265 e. The molecule has 2 N–H and O–H groups in total. The summed E-state index contributed by atoms with van der Waals surface area (Å²) < 4.78 is 16.8. The minimum Gasteiger partial charge on any atom is -0.478 e. The third kappa shape index (κ3) is 4.58. The second kappa shape index (κ2) is 5.76. The number of alkyl halides is 3. The molecule has 0 aromatic heterocycles. The molecule has 17 heavy (non-hydrogen) atoms. The van der Waals surface area contributed by atoms with Crippen LogP contribution >= 0.6 is 34.8 Å². The van der Waals surface area contributed by atoms with E-state index in [-0.39, 0.29) is 11.6 Å². The summed E-state index contributed by atoms with van der Waals surface area (Å²) in [6, 6.07) is 4.01. The van der Waals surface area contributed by atoms with Gasteiger partial charge in [-0.3, -0.25) is 5.41 Å². The fourth-order valence-corrected chi connectivity index (χ4v) is 1.44. The number of benzene rings is 1. The van der Waals surface area contributed by atoms with Crippen LogP contribution < -0.4 is 5.32 Å². The number of hydrogen-bond acceptors (Lipinski definition) is 3. The Kier molecular flexibility index (Phi) is 4.86. The van der Waals surface area contributed by atoms with Crippen molar-refractivity contribution in [1.29, 1.82) is 5.41 Å². The van der Waals surface area contributed by atoms with Crippen LogP contribution in [0.25, 0.3) is 0 Å². The molecule has 0 heterocycles. The van der Waals surface area contributed by atoms with Gasteiger partial charge in [-0.1, -0.05) is 34.8 Å². The van der Waals surface area contributed by atoms with Gasteiger partial charge in [0, 0.05) is 5.56 Å². The molecule has 3 nitrogen and oxygen atoms in total. The average Bonchev–Trinajstić information content (AvgIpc) is 2.19. The van der Waals surface area contributed by atoms with Crippen LogP contribution in [0.3, 0.4) is 0 Å². The molecule has 0 bridgehead atoms. The molecule has 1 rings (SSSR count). The van der Waals surface area contributed by atoms with Gasteiger partial charge in [0.1, 0.15) is 5.82 Å². The molecule has 0 atom stereocenters. The zero-order chi connectivity index (χ0) is 13.1. The quantitative estimate of drug-likeness (QED) is 0.384. The highest BCUT2D eigenvalue weighted by atomic mass is 35.6. The van der Waals surface area contributed by atoms with Crippen LogP contribution in [0.1, 0.15) is 12.5 Å². The molecule has 0 saturated heterocycles. The van der Waals surface area contributed by atoms with Crippen molar-refractivity contribution in [3.8, 4) is 0 Å². The molecule has 7 heteroatoms. The maximum Gasteiger partial charge on any atom is 0.265 e. The van der Waals surface area contributed by atoms with E-state index in [1.807, 2.05) is 0 Å². The lowest BCUT2D eigenvalue weighted by Crippen LogP contribution is -2.17. The van der Waals surface area contributed by atoms with Crippen LogP contribution in [0.15, 0.2) is 18.2 Å². The minimum atomic E-state index is -1.78. The van der Waals surface area contributed by atoms with Gasteiger partial charge in [0.05, 0.1) is 12.3 Å². The van der Waals surface area contributed by atoms with Crippen molar-refractivity contribution < 1.29 is 9.13 Å². The fourth-order valence-electron chi connectivity index (χ4n) is 1.14. The summed E-state index contributed by atoms with van der Waals surface area (Å²) in [7, 11) is 0. The maximum absolute atomic E-state index is 13.6. The summed E-state index contributed by atoms with van der Waals surface area (Å²) in [6.07, 6.45) is 0. The van der Waals surface area contributed by atoms with Crippen molar-refractivity contribution in [2.24, 2.45) is 0 Å². The number of rotatable bonds is 3. The Bertz CT molecular complexity index is 421. The molecule has 0 aliphatic rings. The number of nitrogens with one attached hydrogen (secondary N) is 2. The lowest BCUT2D eigenvalue weighted by atomic mass is 10.2. The number of ether oxygens (including phenoxy) is 1. The minimum absolute atomic E-state index is 0.0399. The number of halogens is 4. The zero-order valence-electron chi connectivity index (χ0n) is 8.86. The van der Waals surface area contributed by atoms with Crippen molar-refractivity contribution in [3.63, 3.8) is 0 Å². The van der Waals surface area contributed by atoms with Crippen molar-refractivity contribution in [3.05, 3.63) is 29.6 Å². The summed E-state index contributed by atoms with van der Waals surface area (Å²) in [5.41, 5.74) is 0.359. The summed E-state index contributed by atoms with van der Waals surface area (Å²) >= 11 is 16.4. The monoisotopic (exact) mass is 298 g/mol. The van der Waals surface area contributed by atoms with Crippen LogP contribution in [0.2, 0.25) is 0 Å². The highest BCUT2D eigenvalue weighted by Crippen LogP contribution is 2.29. The summed E-state index contributed by atoms with van der Waals surface area (Å²) in [5, 5.41) is 9.85. The highest BCUT2D eigenvalue weighted by molar-refractivity contribution is 6.68. The second-order valence-corrected chi connectivity index (χ2v) is 5.36.